The second kappa shape index (κ2) is 6.37. The van der Waals surface area contributed by atoms with E-state index in [0.29, 0.717) is 23.9 Å². The molecule has 3 N–H and O–H groups in total. The highest BCUT2D eigenvalue weighted by molar-refractivity contribution is 7.89. The molecule has 2 aliphatic rings. The predicted molar refractivity (Wildman–Crippen MR) is 94.3 cm³/mol. The van der Waals surface area contributed by atoms with Crippen LogP contribution in [0.15, 0.2) is 23.1 Å². The second-order valence-corrected chi connectivity index (χ2v) is 8.87. The lowest BCUT2D eigenvalue weighted by atomic mass is 9.86. The van der Waals surface area contributed by atoms with Gasteiger partial charge >= 0.3 is 0 Å². The summed E-state index contributed by atoms with van der Waals surface area (Å²) in [5.41, 5.74) is 1.24. The topological polar surface area (TPSA) is 92.5 Å². The SMILES string of the molecule is CN(C)c1ccc(S(N)(=O)=O)cc1NC(=O)C[C@@H]1C[C@@H]2CC[C@@H]1C2. The van der Waals surface area contributed by atoms with E-state index in [0.717, 1.165) is 18.0 Å². The molecule has 0 heterocycles. The van der Waals surface area contributed by atoms with Crippen molar-refractivity contribution >= 4 is 27.3 Å². The molecule has 1 aromatic rings. The van der Waals surface area contributed by atoms with E-state index in [1.807, 2.05) is 19.0 Å². The molecule has 6 nitrogen and oxygen atoms in total. The number of anilines is 2. The number of hydrogen-bond acceptors (Lipinski definition) is 4. The summed E-state index contributed by atoms with van der Waals surface area (Å²) in [6.07, 6.45) is 5.47. The maximum atomic E-state index is 12.5. The molecule has 2 saturated carbocycles. The molecule has 0 aromatic heterocycles. The molecule has 0 saturated heterocycles. The molecule has 7 heteroatoms. The lowest BCUT2D eigenvalue weighted by Gasteiger charge is -2.22. The third-order valence-corrected chi connectivity index (χ3v) is 6.30. The van der Waals surface area contributed by atoms with Gasteiger partial charge in [-0.05, 0) is 55.2 Å². The van der Waals surface area contributed by atoms with Gasteiger partial charge in [0.05, 0.1) is 16.3 Å². The molecule has 0 spiro atoms. The zero-order valence-corrected chi connectivity index (χ0v) is 15.0. The van der Waals surface area contributed by atoms with Crippen LogP contribution in [0.4, 0.5) is 11.4 Å². The van der Waals surface area contributed by atoms with Gasteiger partial charge in [-0.1, -0.05) is 6.42 Å². The second-order valence-electron chi connectivity index (χ2n) is 7.31. The van der Waals surface area contributed by atoms with Crippen molar-refractivity contribution in [1.29, 1.82) is 0 Å². The van der Waals surface area contributed by atoms with Gasteiger partial charge < -0.3 is 10.2 Å². The molecule has 2 bridgehead atoms. The fraction of sp³-hybridized carbons (Fsp3) is 0.588. The van der Waals surface area contributed by atoms with Crippen LogP contribution in [0.3, 0.4) is 0 Å². The Morgan fingerprint density at radius 2 is 2.04 bits per heavy atom. The van der Waals surface area contributed by atoms with Gasteiger partial charge in [-0.15, -0.1) is 0 Å². The van der Waals surface area contributed by atoms with Crippen molar-refractivity contribution in [2.24, 2.45) is 22.9 Å². The number of carbonyl (C=O) groups excluding carboxylic acids is 1. The number of rotatable bonds is 5. The fourth-order valence-electron chi connectivity index (χ4n) is 4.25. The van der Waals surface area contributed by atoms with Gasteiger partial charge in [0, 0.05) is 20.5 Å². The number of primary sulfonamides is 1. The fourth-order valence-corrected chi connectivity index (χ4v) is 4.79. The van der Waals surface area contributed by atoms with E-state index >= 15 is 0 Å². The van der Waals surface area contributed by atoms with Gasteiger partial charge in [0.15, 0.2) is 0 Å². The first-order valence-electron chi connectivity index (χ1n) is 8.38. The van der Waals surface area contributed by atoms with Crippen LogP contribution < -0.4 is 15.4 Å². The first kappa shape index (κ1) is 17.2. The Morgan fingerprint density at radius 3 is 2.58 bits per heavy atom. The Kier molecular flexibility index (Phi) is 4.57. The normalized spacial score (nSPS) is 25.7. The molecular weight excluding hydrogens is 326 g/mol. The maximum absolute atomic E-state index is 12.5. The van der Waals surface area contributed by atoms with Crippen molar-refractivity contribution < 1.29 is 13.2 Å². The van der Waals surface area contributed by atoms with Crippen LogP contribution in [0, 0.1) is 17.8 Å². The third-order valence-electron chi connectivity index (χ3n) is 5.38. The summed E-state index contributed by atoms with van der Waals surface area (Å²) in [5, 5.41) is 8.09. The molecule has 1 aromatic carbocycles. The molecule has 3 rings (SSSR count). The molecule has 24 heavy (non-hydrogen) atoms. The molecule has 1 amide bonds. The van der Waals surface area contributed by atoms with Crippen molar-refractivity contribution in [2.45, 2.75) is 37.0 Å². The Hall–Kier alpha value is -1.60. The summed E-state index contributed by atoms with van der Waals surface area (Å²) < 4.78 is 23.1. The van der Waals surface area contributed by atoms with Crippen LogP contribution in [0.25, 0.3) is 0 Å². The Bertz CT molecular complexity index is 745. The lowest BCUT2D eigenvalue weighted by Crippen LogP contribution is -2.22. The minimum absolute atomic E-state index is 0.00308. The number of hydrogen-bond donors (Lipinski definition) is 2. The van der Waals surface area contributed by atoms with Crippen molar-refractivity contribution in [1.82, 2.24) is 0 Å². The Morgan fingerprint density at radius 1 is 1.29 bits per heavy atom. The average Bonchev–Trinajstić information content (AvgIpc) is 3.08. The highest BCUT2D eigenvalue weighted by atomic mass is 32.2. The third kappa shape index (κ3) is 3.57. The van der Waals surface area contributed by atoms with Crippen LogP contribution >= 0.6 is 0 Å². The van der Waals surface area contributed by atoms with Crippen LogP contribution in [0.2, 0.25) is 0 Å². The highest BCUT2D eigenvalue weighted by Gasteiger charge is 2.40. The minimum atomic E-state index is -3.80. The van der Waals surface area contributed by atoms with E-state index in [-0.39, 0.29) is 10.8 Å². The van der Waals surface area contributed by atoms with E-state index in [1.165, 1.54) is 31.4 Å². The quantitative estimate of drug-likeness (QED) is 0.850. The van der Waals surface area contributed by atoms with Gasteiger partial charge in [-0.25, -0.2) is 13.6 Å². The summed E-state index contributed by atoms with van der Waals surface area (Å²) in [4.78, 5) is 14.3. The Balaban J connectivity index is 1.76. The summed E-state index contributed by atoms with van der Waals surface area (Å²) in [6, 6.07) is 4.55. The monoisotopic (exact) mass is 351 g/mol. The zero-order valence-electron chi connectivity index (χ0n) is 14.2. The van der Waals surface area contributed by atoms with Gasteiger partial charge in [-0.2, -0.15) is 0 Å². The average molecular weight is 351 g/mol. The summed E-state index contributed by atoms with van der Waals surface area (Å²) in [6.45, 7) is 0. The summed E-state index contributed by atoms with van der Waals surface area (Å²) in [7, 11) is -0.113. The highest BCUT2D eigenvalue weighted by Crippen LogP contribution is 2.49. The van der Waals surface area contributed by atoms with Crippen LogP contribution in [0.5, 0.6) is 0 Å². The first-order chi connectivity index (χ1) is 11.2. The van der Waals surface area contributed by atoms with Crippen LogP contribution in [-0.4, -0.2) is 28.4 Å². The van der Waals surface area contributed by atoms with Gasteiger partial charge in [-0.3, -0.25) is 4.79 Å². The number of fused-ring (bicyclic) bond motifs is 2. The number of nitrogens with two attached hydrogens (primary N) is 1. The van der Waals surface area contributed by atoms with Crippen LogP contribution in [-0.2, 0) is 14.8 Å². The first-order valence-corrected chi connectivity index (χ1v) is 9.92. The zero-order chi connectivity index (χ0) is 17.5. The van der Waals surface area contributed by atoms with E-state index < -0.39 is 10.0 Å². The smallest absolute Gasteiger partial charge is 0.238 e. The van der Waals surface area contributed by atoms with Crippen molar-refractivity contribution in [3.63, 3.8) is 0 Å². The molecule has 2 fully saturated rings. The lowest BCUT2D eigenvalue weighted by molar-refractivity contribution is -0.117. The molecule has 0 unspecified atom stereocenters. The van der Waals surface area contributed by atoms with E-state index in [9.17, 15) is 13.2 Å². The molecule has 132 valence electrons. The summed E-state index contributed by atoms with van der Waals surface area (Å²) in [5.74, 6) is 1.90. The van der Waals surface area contributed by atoms with Crippen LogP contribution in [0.1, 0.15) is 32.1 Å². The number of amides is 1. The molecule has 2 aliphatic carbocycles. The molecule has 0 aliphatic heterocycles. The van der Waals surface area contributed by atoms with Gasteiger partial charge in [0.25, 0.3) is 0 Å². The standard InChI is InChI=1S/C17H25N3O3S/c1-20(2)16-6-5-14(24(18,22)23)10-15(16)19-17(21)9-13-8-11-3-4-12(13)7-11/h5-6,10-13H,3-4,7-9H2,1-2H3,(H,19,21)(H2,18,22,23)/t11-,12-,13+/m1/s1. The van der Waals surface area contributed by atoms with Gasteiger partial charge in [0.1, 0.15) is 0 Å². The summed E-state index contributed by atoms with van der Waals surface area (Å²) >= 11 is 0. The maximum Gasteiger partial charge on any atom is 0.238 e. The molecule has 3 atom stereocenters. The largest absolute Gasteiger partial charge is 0.376 e. The number of nitrogens with one attached hydrogen (secondary N) is 1. The van der Waals surface area contributed by atoms with E-state index in [2.05, 4.69) is 5.32 Å². The van der Waals surface area contributed by atoms with E-state index in [4.69, 9.17) is 5.14 Å². The van der Waals surface area contributed by atoms with Crippen molar-refractivity contribution in [2.75, 3.05) is 24.3 Å². The number of carbonyl (C=O) groups is 1. The molecule has 0 radical (unpaired) electrons. The van der Waals surface area contributed by atoms with Gasteiger partial charge in [0.2, 0.25) is 15.9 Å². The molecular formula is C17H25N3O3S. The number of nitrogens with zero attached hydrogens (tertiary/aromatic N) is 1. The van der Waals surface area contributed by atoms with Crippen molar-refractivity contribution in [3.8, 4) is 0 Å². The predicted octanol–water partition coefficient (Wildman–Crippen LogP) is 2.16. The number of sulfonamides is 1. The van der Waals surface area contributed by atoms with E-state index in [1.54, 1.807) is 6.07 Å². The Labute approximate surface area is 143 Å². The number of benzene rings is 1. The van der Waals surface area contributed by atoms with Crippen molar-refractivity contribution in [3.05, 3.63) is 18.2 Å². The minimum Gasteiger partial charge on any atom is -0.376 e.